The summed E-state index contributed by atoms with van der Waals surface area (Å²) in [6, 6.07) is 11.8. The summed E-state index contributed by atoms with van der Waals surface area (Å²) in [5, 5.41) is 11.8. The van der Waals surface area contributed by atoms with Crippen LogP contribution in [-0.4, -0.2) is 52.1 Å². The molecule has 238 valence electrons. The first-order valence-electron chi connectivity index (χ1n) is 16.3. The molecule has 7 atom stereocenters. The number of ether oxygens (including phenoxy) is 1. The first-order valence-corrected chi connectivity index (χ1v) is 18.5. The Bertz CT molecular complexity index is 1540. The van der Waals surface area contributed by atoms with Crippen molar-refractivity contribution in [3.05, 3.63) is 70.3 Å². The summed E-state index contributed by atoms with van der Waals surface area (Å²) in [6.45, 7) is 8.33. The molecular weight excluding hydrogens is 592 g/mol. The molecule has 6 nitrogen and oxygen atoms in total. The molecule has 0 aromatic heterocycles. The van der Waals surface area contributed by atoms with Gasteiger partial charge in [0.1, 0.15) is 5.75 Å². The number of hydrogen-bond acceptors (Lipinski definition) is 5. The van der Waals surface area contributed by atoms with Gasteiger partial charge in [-0.05, 0) is 116 Å². The van der Waals surface area contributed by atoms with Crippen molar-refractivity contribution in [3.63, 3.8) is 0 Å². The zero-order chi connectivity index (χ0) is 31.2. The van der Waals surface area contributed by atoms with E-state index < -0.39 is 15.8 Å². The third-order valence-electron chi connectivity index (χ3n) is 10.6. The van der Waals surface area contributed by atoms with Gasteiger partial charge < -0.3 is 14.7 Å². The number of carbonyl (C=O) groups is 1. The second-order valence-electron chi connectivity index (χ2n) is 14.2. The monoisotopic (exact) mass is 638 g/mol. The molecule has 2 aliphatic heterocycles. The lowest BCUT2D eigenvalue weighted by Gasteiger charge is -2.45. The van der Waals surface area contributed by atoms with E-state index in [1.165, 1.54) is 11.1 Å². The fraction of sp³-hybridized carbons (Fsp3) is 0.556. The van der Waals surface area contributed by atoms with Gasteiger partial charge in [-0.1, -0.05) is 50.6 Å². The van der Waals surface area contributed by atoms with E-state index >= 15 is 0 Å². The van der Waals surface area contributed by atoms with E-state index in [4.69, 9.17) is 16.3 Å². The van der Waals surface area contributed by atoms with Crippen molar-refractivity contribution in [3.8, 4) is 5.75 Å². The number of aryl methyl sites for hydroxylation is 1. The summed E-state index contributed by atoms with van der Waals surface area (Å²) >= 11 is 6.42. The van der Waals surface area contributed by atoms with Gasteiger partial charge in [0.25, 0.3) is 5.91 Å². The van der Waals surface area contributed by atoms with Crippen molar-refractivity contribution < 1.29 is 18.8 Å². The number of nitrogens with zero attached hydrogens (tertiary/aromatic N) is 1. The normalized spacial score (nSPS) is 34.6. The van der Waals surface area contributed by atoms with Crippen LogP contribution in [-0.2, 0) is 21.5 Å². The van der Waals surface area contributed by atoms with E-state index in [9.17, 15) is 14.1 Å². The summed E-state index contributed by atoms with van der Waals surface area (Å²) in [5.41, 5.74) is 3.68. The van der Waals surface area contributed by atoms with E-state index in [1.807, 2.05) is 30.4 Å². The Balaban J connectivity index is 1.42. The maximum absolute atomic E-state index is 14.1. The molecule has 44 heavy (non-hydrogen) atoms. The number of nitrogens with one attached hydrogen (secondary N) is 1. The SMILES string of the molecule is C=S1(=O)NC(=O)c2ccc3c(c2)N(C[C@@H]2CC[C@H]2[C@@H](O)/C=C/C[C@@H](C)[C@H]1CC(C)C)C[C@@]1(CCCc2cc(Cl)ccc21)CO3. The highest BCUT2D eigenvalue weighted by Crippen LogP contribution is 2.46. The zero-order valence-electron chi connectivity index (χ0n) is 26.3. The molecule has 0 saturated heterocycles. The largest absolute Gasteiger partial charge is 0.490 e. The Labute approximate surface area is 268 Å². The number of amides is 1. The Hall–Kier alpha value is -2.48. The molecule has 2 N–H and O–H groups in total. The molecule has 2 heterocycles. The highest BCUT2D eigenvalue weighted by atomic mass is 35.5. The molecule has 8 heteroatoms. The number of anilines is 1. The summed E-state index contributed by atoms with van der Waals surface area (Å²) in [4.78, 5) is 16.1. The van der Waals surface area contributed by atoms with Gasteiger partial charge >= 0.3 is 0 Å². The summed E-state index contributed by atoms with van der Waals surface area (Å²) < 4.78 is 23.6. The molecule has 2 bridgehead atoms. The molecule has 2 aromatic rings. The second kappa shape index (κ2) is 12.4. The van der Waals surface area contributed by atoms with Crippen LogP contribution in [0.3, 0.4) is 0 Å². The third-order valence-corrected chi connectivity index (χ3v) is 13.0. The number of hydrogen-bond donors (Lipinski definition) is 2. The molecule has 0 radical (unpaired) electrons. The number of halogens is 1. The predicted molar refractivity (Wildman–Crippen MR) is 181 cm³/mol. The van der Waals surface area contributed by atoms with Crippen LogP contribution < -0.4 is 14.4 Å². The van der Waals surface area contributed by atoms with Gasteiger partial charge in [-0.2, -0.15) is 0 Å². The van der Waals surface area contributed by atoms with Gasteiger partial charge in [-0.3, -0.25) is 9.52 Å². The topological polar surface area (TPSA) is 78.9 Å². The molecular formula is C36H47ClN2O4S. The minimum absolute atomic E-state index is 0.0246. The van der Waals surface area contributed by atoms with E-state index in [2.05, 4.69) is 48.4 Å². The Morgan fingerprint density at radius 2 is 2.05 bits per heavy atom. The fourth-order valence-corrected chi connectivity index (χ4v) is 10.4. The Kier molecular flexibility index (Phi) is 8.86. The lowest BCUT2D eigenvalue weighted by Crippen LogP contribution is -2.49. The van der Waals surface area contributed by atoms with Crippen LogP contribution in [0.4, 0.5) is 5.69 Å². The van der Waals surface area contributed by atoms with E-state index in [0.717, 1.165) is 61.7 Å². The first-order chi connectivity index (χ1) is 21.0. The molecule has 1 unspecified atom stereocenters. The lowest BCUT2D eigenvalue weighted by atomic mass is 9.68. The predicted octanol–water partition coefficient (Wildman–Crippen LogP) is 6.57. The molecule has 2 aromatic carbocycles. The van der Waals surface area contributed by atoms with Crippen molar-refractivity contribution in [1.82, 2.24) is 4.72 Å². The number of rotatable bonds is 2. The zero-order valence-corrected chi connectivity index (χ0v) is 27.8. The van der Waals surface area contributed by atoms with Crippen molar-refractivity contribution in [2.75, 3.05) is 24.6 Å². The highest BCUT2D eigenvalue weighted by molar-refractivity contribution is 7.99. The number of aliphatic hydroxyl groups excluding tert-OH is 1. The first kappa shape index (κ1) is 31.5. The number of fused-ring (bicyclic) bond motifs is 4. The van der Waals surface area contributed by atoms with Crippen LogP contribution in [0.1, 0.15) is 80.8 Å². The van der Waals surface area contributed by atoms with Gasteiger partial charge in [-0.25, -0.2) is 4.21 Å². The lowest BCUT2D eigenvalue weighted by molar-refractivity contribution is 0.0455. The number of allylic oxidation sites excluding steroid dienone is 1. The number of benzene rings is 2. The maximum Gasteiger partial charge on any atom is 0.262 e. The fourth-order valence-electron chi connectivity index (χ4n) is 8.06. The average Bonchev–Trinajstić information content (AvgIpc) is 3.10. The van der Waals surface area contributed by atoms with E-state index in [0.29, 0.717) is 36.8 Å². The molecule has 6 rings (SSSR count). The van der Waals surface area contributed by atoms with Gasteiger partial charge in [0, 0.05) is 34.3 Å². The minimum atomic E-state index is -2.97. The molecule has 2 aliphatic carbocycles. The van der Waals surface area contributed by atoms with Gasteiger partial charge in [0.05, 0.1) is 28.1 Å². The quantitative estimate of drug-likeness (QED) is 0.287. The minimum Gasteiger partial charge on any atom is -0.490 e. The standard InChI is InChI=1S/C36H47ClN2O4S/c1-23(2)17-34-24(3)7-5-9-32(40)29-13-10-27(29)20-39-21-36(16-6-8-25-18-28(37)12-14-30(25)36)22-43-33-15-11-26(19-31(33)39)35(41)38-44(34,4)42/h5,9,11-12,14-15,18-19,23-24,27,29,32,34,40H,4,6-8,10,13,16-17,20-22H2,1-3H3,(H,38,41,42)/b9-5+/t24-,27+,29-,32+,34-,36+,44?/m1/s1. The molecule has 1 spiro atoms. The van der Waals surface area contributed by atoms with Gasteiger partial charge in [0.2, 0.25) is 0 Å². The van der Waals surface area contributed by atoms with Crippen LogP contribution in [0.15, 0.2) is 48.6 Å². The van der Waals surface area contributed by atoms with E-state index in [-0.39, 0.29) is 28.4 Å². The number of carbonyl (C=O) groups excluding carboxylic acids is 1. The van der Waals surface area contributed by atoms with Crippen LogP contribution in [0.5, 0.6) is 5.75 Å². The van der Waals surface area contributed by atoms with Crippen LogP contribution >= 0.6 is 11.6 Å². The molecule has 1 saturated carbocycles. The van der Waals surface area contributed by atoms with Gasteiger partial charge in [-0.15, -0.1) is 0 Å². The van der Waals surface area contributed by atoms with Crippen molar-refractivity contribution in [2.45, 2.75) is 82.5 Å². The number of aliphatic hydroxyl groups is 1. The van der Waals surface area contributed by atoms with Crippen molar-refractivity contribution in [1.29, 1.82) is 0 Å². The van der Waals surface area contributed by atoms with Crippen LogP contribution in [0, 0.1) is 23.7 Å². The Morgan fingerprint density at radius 1 is 1.23 bits per heavy atom. The second-order valence-corrected chi connectivity index (χ2v) is 16.9. The van der Waals surface area contributed by atoms with Crippen LogP contribution in [0.25, 0.3) is 0 Å². The summed E-state index contributed by atoms with van der Waals surface area (Å²) in [6.07, 6.45) is 9.90. The average molecular weight is 639 g/mol. The maximum atomic E-state index is 14.1. The van der Waals surface area contributed by atoms with Crippen molar-refractivity contribution in [2.24, 2.45) is 23.7 Å². The Morgan fingerprint density at radius 3 is 2.80 bits per heavy atom. The third kappa shape index (κ3) is 6.17. The van der Waals surface area contributed by atoms with E-state index in [1.54, 1.807) is 6.07 Å². The highest BCUT2D eigenvalue weighted by Gasteiger charge is 2.44. The van der Waals surface area contributed by atoms with Crippen molar-refractivity contribution >= 4 is 38.8 Å². The summed E-state index contributed by atoms with van der Waals surface area (Å²) in [5.74, 6) is 5.28. The van der Waals surface area contributed by atoms with Crippen LogP contribution in [0.2, 0.25) is 5.02 Å². The summed E-state index contributed by atoms with van der Waals surface area (Å²) in [7, 11) is -2.97. The van der Waals surface area contributed by atoms with Gasteiger partial charge in [0.15, 0.2) is 0 Å². The smallest absolute Gasteiger partial charge is 0.262 e. The molecule has 4 aliphatic rings. The molecule has 1 amide bonds. The molecule has 1 fully saturated rings.